The number of rotatable bonds is 8. The van der Waals surface area contributed by atoms with Crippen molar-refractivity contribution in [1.29, 1.82) is 0 Å². The van der Waals surface area contributed by atoms with Crippen molar-refractivity contribution in [3.05, 3.63) is 52.6 Å². The predicted octanol–water partition coefficient (Wildman–Crippen LogP) is 3.39. The van der Waals surface area contributed by atoms with Crippen LogP contribution < -0.4 is 10.6 Å². The molecular formula is C18H23BrN4O. The summed E-state index contributed by atoms with van der Waals surface area (Å²) in [6, 6.07) is 11.4. The third-order valence-corrected chi connectivity index (χ3v) is 4.22. The number of carbonyl (C=O) groups is 1. The van der Waals surface area contributed by atoms with Crippen LogP contribution >= 0.6 is 15.9 Å². The highest BCUT2D eigenvalue weighted by molar-refractivity contribution is 9.10. The van der Waals surface area contributed by atoms with Crippen molar-refractivity contribution in [1.82, 2.24) is 9.88 Å². The average molecular weight is 391 g/mol. The number of pyridine rings is 1. The molecule has 1 aromatic heterocycles. The molecular weight excluding hydrogens is 368 g/mol. The summed E-state index contributed by atoms with van der Waals surface area (Å²) in [4.78, 5) is 18.5. The summed E-state index contributed by atoms with van der Waals surface area (Å²) < 4.78 is 0.936. The number of hydrogen-bond donors (Lipinski definition) is 2. The van der Waals surface area contributed by atoms with Gasteiger partial charge in [0.15, 0.2) is 0 Å². The average Bonchev–Trinajstić information content (AvgIpc) is 2.55. The topological polar surface area (TPSA) is 57.3 Å². The molecule has 0 spiro atoms. The lowest BCUT2D eigenvalue weighted by Gasteiger charge is -2.11. The number of nitrogens with zero attached hydrogens (tertiary/aromatic N) is 2. The zero-order chi connectivity index (χ0) is 17.4. The van der Waals surface area contributed by atoms with E-state index in [0.29, 0.717) is 12.2 Å². The van der Waals surface area contributed by atoms with Crippen LogP contribution in [-0.2, 0) is 11.2 Å². The molecule has 0 bridgehead atoms. The molecule has 0 unspecified atom stereocenters. The van der Waals surface area contributed by atoms with E-state index in [1.165, 1.54) is 0 Å². The Balaban J connectivity index is 1.80. The minimum absolute atomic E-state index is 0.0823. The van der Waals surface area contributed by atoms with Crippen LogP contribution in [-0.4, -0.2) is 43.0 Å². The lowest BCUT2D eigenvalue weighted by Crippen LogP contribution is -2.17. The fraction of sp³-hybridized carbons (Fsp3) is 0.333. The number of carbonyl (C=O) groups excluding carboxylic acids is 1. The van der Waals surface area contributed by atoms with Crippen LogP contribution in [0.5, 0.6) is 0 Å². The maximum absolute atomic E-state index is 12.1. The molecule has 1 amide bonds. The molecule has 0 aliphatic heterocycles. The van der Waals surface area contributed by atoms with Crippen molar-refractivity contribution in [3.63, 3.8) is 0 Å². The van der Waals surface area contributed by atoms with Gasteiger partial charge in [-0.15, -0.1) is 0 Å². The molecule has 2 aromatic rings. The van der Waals surface area contributed by atoms with Gasteiger partial charge in [-0.2, -0.15) is 0 Å². The SMILES string of the molecule is CN(C)CCCNc1ccc(NC(=O)Cc2ccccc2Br)nc1. The second-order valence-electron chi connectivity index (χ2n) is 5.83. The van der Waals surface area contributed by atoms with E-state index < -0.39 is 0 Å². The largest absolute Gasteiger partial charge is 0.384 e. The second-order valence-corrected chi connectivity index (χ2v) is 6.69. The Labute approximate surface area is 151 Å². The second kappa shape index (κ2) is 9.39. The molecule has 2 rings (SSSR count). The van der Waals surface area contributed by atoms with Gasteiger partial charge in [0.05, 0.1) is 18.3 Å². The number of nitrogens with one attached hydrogen (secondary N) is 2. The minimum atomic E-state index is -0.0823. The first-order valence-corrected chi connectivity index (χ1v) is 8.72. The summed E-state index contributed by atoms with van der Waals surface area (Å²) in [7, 11) is 4.13. The molecule has 0 radical (unpaired) electrons. The van der Waals surface area contributed by atoms with Crippen LogP contribution in [0.4, 0.5) is 11.5 Å². The Morgan fingerprint density at radius 2 is 2.00 bits per heavy atom. The number of halogens is 1. The summed E-state index contributed by atoms with van der Waals surface area (Å²) in [5.74, 6) is 0.479. The Bertz CT molecular complexity index is 658. The molecule has 0 saturated carbocycles. The Morgan fingerprint density at radius 3 is 2.67 bits per heavy atom. The first kappa shape index (κ1) is 18.4. The molecule has 0 saturated heterocycles. The number of anilines is 2. The van der Waals surface area contributed by atoms with Crippen LogP contribution in [0.15, 0.2) is 47.1 Å². The van der Waals surface area contributed by atoms with Crippen LogP contribution in [0.2, 0.25) is 0 Å². The third-order valence-electron chi connectivity index (χ3n) is 3.45. The molecule has 1 aromatic carbocycles. The fourth-order valence-electron chi connectivity index (χ4n) is 2.20. The summed E-state index contributed by atoms with van der Waals surface area (Å²) in [5.41, 5.74) is 1.91. The molecule has 0 aliphatic rings. The van der Waals surface area contributed by atoms with Crippen LogP contribution in [0, 0.1) is 0 Å². The summed E-state index contributed by atoms with van der Waals surface area (Å²) in [6.07, 6.45) is 3.12. The zero-order valence-corrected chi connectivity index (χ0v) is 15.6. The minimum Gasteiger partial charge on any atom is -0.384 e. The molecule has 24 heavy (non-hydrogen) atoms. The van der Waals surface area contributed by atoms with Gasteiger partial charge in [-0.1, -0.05) is 34.1 Å². The highest BCUT2D eigenvalue weighted by atomic mass is 79.9. The zero-order valence-electron chi connectivity index (χ0n) is 14.1. The number of aromatic nitrogens is 1. The first-order valence-electron chi connectivity index (χ1n) is 7.92. The standard InChI is InChI=1S/C18H23BrN4O/c1-23(2)11-5-10-20-15-8-9-17(21-13-15)22-18(24)12-14-6-3-4-7-16(14)19/h3-4,6-9,13,20H,5,10-12H2,1-2H3,(H,21,22,24). The van der Waals surface area contributed by atoms with Gasteiger partial charge in [-0.05, 0) is 50.8 Å². The van der Waals surface area contributed by atoms with E-state index in [1.807, 2.05) is 36.4 Å². The first-order chi connectivity index (χ1) is 11.5. The monoisotopic (exact) mass is 390 g/mol. The van der Waals surface area contributed by atoms with Gasteiger partial charge in [-0.25, -0.2) is 4.98 Å². The summed E-state index contributed by atoms with van der Waals surface area (Å²) in [5, 5.41) is 6.14. The smallest absolute Gasteiger partial charge is 0.229 e. The molecule has 128 valence electrons. The van der Waals surface area contributed by atoms with Crippen molar-refractivity contribution in [2.75, 3.05) is 37.8 Å². The molecule has 1 heterocycles. The van der Waals surface area contributed by atoms with Crippen LogP contribution in [0.25, 0.3) is 0 Å². The molecule has 6 heteroatoms. The summed E-state index contributed by atoms with van der Waals surface area (Å²) in [6.45, 7) is 1.94. The van der Waals surface area contributed by atoms with Gasteiger partial charge in [0.2, 0.25) is 5.91 Å². The van der Waals surface area contributed by atoms with Crippen LogP contribution in [0.3, 0.4) is 0 Å². The van der Waals surface area contributed by atoms with Gasteiger partial charge < -0.3 is 15.5 Å². The maximum Gasteiger partial charge on any atom is 0.229 e. The van der Waals surface area contributed by atoms with Gasteiger partial charge in [0.25, 0.3) is 0 Å². The third kappa shape index (κ3) is 6.29. The molecule has 0 fully saturated rings. The van der Waals surface area contributed by atoms with E-state index in [1.54, 1.807) is 6.20 Å². The van der Waals surface area contributed by atoms with Gasteiger partial charge in [0, 0.05) is 11.0 Å². The van der Waals surface area contributed by atoms with Crippen molar-refractivity contribution < 1.29 is 4.79 Å². The normalized spacial score (nSPS) is 10.7. The quantitative estimate of drug-likeness (QED) is 0.678. The number of benzene rings is 1. The Kier molecular flexibility index (Phi) is 7.21. The van der Waals surface area contributed by atoms with Crippen molar-refractivity contribution >= 4 is 33.3 Å². The van der Waals surface area contributed by atoms with E-state index in [-0.39, 0.29) is 5.91 Å². The van der Waals surface area contributed by atoms with E-state index in [0.717, 1.165) is 35.2 Å². The molecule has 2 N–H and O–H groups in total. The lowest BCUT2D eigenvalue weighted by molar-refractivity contribution is -0.115. The Morgan fingerprint density at radius 1 is 1.21 bits per heavy atom. The number of hydrogen-bond acceptors (Lipinski definition) is 4. The molecule has 0 aliphatic carbocycles. The fourth-order valence-corrected chi connectivity index (χ4v) is 2.63. The highest BCUT2D eigenvalue weighted by Crippen LogP contribution is 2.17. The van der Waals surface area contributed by atoms with Gasteiger partial charge in [0.1, 0.15) is 5.82 Å². The lowest BCUT2D eigenvalue weighted by atomic mass is 10.1. The van der Waals surface area contributed by atoms with Crippen LogP contribution in [0.1, 0.15) is 12.0 Å². The van der Waals surface area contributed by atoms with E-state index >= 15 is 0 Å². The van der Waals surface area contributed by atoms with E-state index in [9.17, 15) is 4.79 Å². The summed E-state index contributed by atoms with van der Waals surface area (Å²) >= 11 is 3.45. The van der Waals surface area contributed by atoms with E-state index in [4.69, 9.17) is 0 Å². The van der Waals surface area contributed by atoms with Crippen molar-refractivity contribution in [2.45, 2.75) is 12.8 Å². The molecule has 5 nitrogen and oxygen atoms in total. The van der Waals surface area contributed by atoms with Gasteiger partial charge in [-0.3, -0.25) is 4.79 Å². The molecule has 0 atom stereocenters. The predicted molar refractivity (Wildman–Crippen MR) is 102 cm³/mol. The maximum atomic E-state index is 12.1. The van der Waals surface area contributed by atoms with Crippen molar-refractivity contribution in [3.8, 4) is 0 Å². The highest BCUT2D eigenvalue weighted by Gasteiger charge is 2.07. The van der Waals surface area contributed by atoms with Crippen molar-refractivity contribution in [2.24, 2.45) is 0 Å². The van der Waals surface area contributed by atoms with Gasteiger partial charge >= 0.3 is 0 Å². The number of amides is 1. The van der Waals surface area contributed by atoms with E-state index in [2.05, 4.69) is 50.5 Å². The Hall–Kier alpha value is -1.92.